The Morgan fingerprint density at radius 2 is 2.04 bits per heavy atom. The van der Waals surface area contributed by atoms with Gasteiger partial charge in [-0.15, -0.1) is 0 Å². The van der Waals surface area contributed by atoms with E-state index >= 15 is 0 Å². The number of anilines is 1. The maximum Gasteiger partial charge on any atom is 0.256 e. The van der Waals surface area contributed by atoms with Gasteiger partial charge in [0.2, 0.25) is 0 Å². The van der Waals surface area contributed by atoms with E-state index in [1.54, 1.807) is 6.92 Å². The second kappa shape index (κ2) is 6.30. The van der Waals surface area contributed by atoms with E-state index in [2.05, 4.69) is 32.3 Å². The lowest BCUT2D eigenvalue weighted by Gasteiger charge is -2.12. The van der Waals surface area contributed by atoms with Crippen LogP contribution in [0.2, 0.25) is 5.15 Å². The fourth-order valence-electron chi connectivity index (χ4n) is 2.36. The van der Waals surface area contributed by atoms with Gasteiger partial charge in [0.05, 0.1) is 11.1 Å². The van der Waals surface area contributed by atoms with E-state index in [1.807, 2.05) is 43.3 Å². The first-order chi connectivity index (χ1) is 11.0. The number of hydrogen-bond acceptors (Lipinski definition) is 2. The lowest BCUT2D eigenvalue weighted by Crippen LogP contribution is -2.15. The van der Waals surface area contributed by atoms with Crippen molar-refractivity contribution in [3.8, 4) is 0 Å². The molecule has 115 valence electrons. The monoisotopic (exact) mass is 387 g/mol. The summed E-state index contributed by atoms with van der Waals surface area (Å²) in [6, 6.07) is 14.2. The number of aromatic nitrogens is 1. The summed E-state index contributed by atoms with van der Waals surface area (Å²) < 4.78 is 0.879. The molecule has 0 unspecified atom stereocenters. The molecule has 1 heterocycles. The van der Waals surface area contributed by atoms with E-state index in [0.29, 0.717) is 27.5 Å². The first kappa shape index (κ1) is 16.0. The molecule has 3 nitrogen and oxygen atoms in total. The van der Waals surface area contributed by atoms with Crippen LogP contribution in [0.5, 0.6) is 0 Å². The molecular formula is C18H13BrClN2O. The van der Waals surface area contributed by atoms with Crippen LogP contribution in [0.4, 0.5) is 5.69 Å². The van der Waals surface area contributed by atoms with Crippen LogP contribution >= 0.6 is 27.5 Å². The molecule has 0 spiro atoms. The molecule has 0 bridgehead atoms. The van der Waals surface area contributed by atoms with Crippen molar-refractivity contribution in [1.29, 1.82) is 0 Å². The van der Waals surface area contributed by atoms with Gasteiger partial charge in [0.15, 0.2) is 0 Å². The minimum atomic E-state index is -0.227. The van der Waals surface area contributed by atoms with Gasteiger partial charge in [-0.2, -0.15) is 0 Å². The summed E-state index contributed by atoms with van der Waals surface area (Å²) in [5, 5.41) is 3.96. The highest BCUT2D eigenvalue weighted by Crippen LogP contribution is 2.29. The number of carbonyl (C=O) groups excluding carboxylic acids is 1. The number of amides is 1. The second-order valence-electron chi connectivity index (χ2n) is 5.30. The van der Waals surface area contributed by atoms with Crippen LogP contribution in [-0.4, -0.2) is 10.9 Å². The molecule has 5 heteroatoms. The maximum absolute atomic E-state index is 12.8. The van der Waals surface area contributed by atoms with Crippen molar-refractivity contribution in [3.05, 3.63) is 68.8 Å². The highest BCUT2D eigenvalue weighted by Gasteiger charge is 2.17. The van der Waals surface area contributed by atoms with Crippen LogP contribution in [0.25, 0.3) is 10.9 Å². The number of nitrogens with one attached hydrogen (secondary N) is 1. The first-order valence-corrected chi connectivity index (χ1v) is 8.18. The predicted octanol–water partition coefficient (Wildman–Crippen LogP) is 5.32. The van der Waals surface area contributed by atoms with E-state index in [9.17, 15) is 4.79 Å². The minimum absolute atomic E-state index is 0.227. The number of pyridine rings is 1. The molecule has 2 aromatic carbocycles. The zero-order valence-electron chi connectivity index (χ0n) is 12.6. The molecule has 0 aliphatic carbocycles. The lowest BCUT2D eigenvalue weighted by molar-refractivity contribution is 0.102. The quantitative estimate of drug-likeness (QED) is 0.604. The standard InChI is InChI=1S/C18H13BrClN2O/c1-10-3-6-13(7-4-10)21-18(23)16-11(2)17(20)22-15-8-5-12(19)9-14(15)16/h3-6,8-9H,1-2H3,(H,21,23). The number of halogens is 2. The van der Waals surface area contributed by atoms with Gasteiger partial charge in [0.1, 0.15) is 5.15 Å². The Hall–Kier alpha value is -1.91. The lowest BCUT2D eigenvalue weighted by atomic mass is 10.0. The van der Waals surface area contributed by atoms with E-state index in [4.69, 9.17) is 11.6 Å². The van der Waals surface area contributed by atoms with E-state index in [-0.39, 0.29) is 5.91 Å². The van der Waals surface area contributed by atoms with Gasteiger partial charge in [-0.05, 0) is 49.7 Å². The Kier molecular flexibility index (Phi) is 4.37. The van der Waals surface area contributed by atoms with E-state index in [0.717, 1.165) is 15.4 Å². The summed E-state index contributed by atoms with van der Waals surface area (Å²) in [6.07, 6.45) is 0. The third-order valence-corrected chi connectivity index (χ3v) is 4.44. The van der Waals surface area contributed by atoms with Gasteiger partial charge in [0, 0.05) is 21.6 Å². The molecule has 0 atom stereocenters. The van der Waals surface area contributed by atoms with E-state index in [1.165, 1.54) is 0 Å². The van der Waals surface area contributed by atoms with Crippen molar-refractivity contribution < 1.29 is 4.79 Å². The van der Waals surface area contributed by atoms with Crippen LogP contribution < -0.4 is 5.32 Å². The number of aryl methyl sites for hydroxylation is 1. The average molecular weight is 389 g/mol. The second-order valence-corrected chi connectivity index (χ2v) is 6.57. The largest absolute Gasteiger partial charge is 0.321 e. The summed E-state index contributed by atoms with van der Waals surface area (Å²) in [5.41, 5.74) is 3.57. The number of benzene rings is 2. The number of nitrogens with zero attached hydrogens (tertiary/aromatic N) is 1. The molecule has 3 rings (SSSR count). The molecule has 0 aliphatic heterocycles. The predicted molar refractivity (Wildman–Crippen MR) is 97.2 cm³/mol. The number of carbonyl (C=O) groups is 1. The Labute approximate surface area is 147 Å². The van der Waals surface area contributed by atoms with Crippen molar-refractivity contribution >= 4 is 50.0 Å². The zero-order valence-corrected chi connectivity index (χ0v) is 14.9. The molecular weight excluding hydrogens is 376 g/mol. The summed E-state index contributed by atoms with van der Waals surface area (Å²) in [7, 11) is 0. The average Bonchev–Trinajstić information content (AvgIpc) is 2.51. The summed E-state index contributed by atoms with van der Waals surface area (Å²) in [5.74, 6) is -0.227. The first-order valence-electron chi connectivity index (χ1n) is 7.01. The fraction of sp³-hybridized carbons (Fsp3) is 0.111. The molecule has 0 saturated heterocycles. The van der Waals surface area contributed by atoms with Gasteiger partial charge in [-0.25, -0.2) is 4.98 Å². The summed E-state index contributed by atoms with van der Waals surface area (Å²) in [4.78, 5) is 17.1. The molecule has 1 radical (unpaired) electrons. The maximum atomic E-state index is 12.8. The van der Waals surface area contributed by atoms with Crippen LogP contribution in [0.15, 0.2) is 40.9 Å². The van der Waals surface area contributed by atoms with Crippen molar-refractivity contribution in [2.24, 2.45) is 0 Å². The van der Waals surface area contributed by atoms with E-state index < -0.39 is 0 Å². The van der Waals surface area contributed by atoms with Gasteiger partial charge >= 0.3 is 0 Å². The molecule has 23 heavy (non-hydrogen) atoms. The van der Waals surface area contributed by atoms with Crippen molar-refractivity contribution in [2.45, 2.75) is 13.8 Å². The summed E-state index contributed by atoms with van der Waals surface area (Å²) >= 11 is 9.62. The Morgan fingerprint density at radius 3 is 2.74 bits per heavy atom. The SMILES string of the molecule is Cc1c[c]c(NC(=O)c2c(C)c(Cl)nc3ccc(Br)cc23)cc1. The van der Waals surface area contributed by atoms with Crippen molar-refractivity contribution in [3.63, 3.8) is 0 Å². The topological polar surface area (TPSA) is 42.0 Å². The smallest absolute Gasteiger partial charge is 0.256 e. The van der Waals surface area contributed by atoms with Crippen molar-refractivity contribution in [1.82, 2.24) is 4.98 Å². The molecule has 0 aliphatic rings. The highest BCUT2D eigenvalue weighted by atomic mass is 79.9. The normalized spacial score (nSPS) is 10.8. The van der Waals surface area contributed by atoms with Crippen LogP contribution in [0, 0.1) is 19.9 Å². The van der Waals surface area contributed by atoms with Crippen LogP contribution in [-0.2, 0) is 0 Å². The number of fused-ring (bicyclic) bond motifs is 1. The summed E-state index contributed by atoms with van der Waals surface area (Å²) in [6.45, 7) is 3.77. The third kappa shape index (κ3) is 3.23. The van der Waals surface area contributed by atoms with Crippen LogP contribution in [0.3, 0.4) is 0 Å². The number of hydrogen-bond donors (Lipinski definition) is 1. The zero-order chi connectivity index (χ0) is 16.6. The molecule has 0 saturated carbocycles. The Morgan fingerprint density at radius 1 is 1.26 bits per heavy atom. The molecule has 3 aromatic rings. The molecule has 1 aromatic heterocycles. The van der Waals surface area contributed by atoms with Crippen LogP contribution in [0.1, 0.15) is 21.5 Å². The fourth-order valence-corrected chi connectivity index (χ4v) is 2.91. The van der Waals surface area contributed by atoms with Gasteiger partial charge in [0.25, 0.3) is 5.91 Å². The minimum Gasteiger partial charge on any atom is -0.321 e. The highest BCUT2D eigenvalue weighted by molar-refractivity contribution is 9.10. The van der Waals surface area contributed by atoms with Gasteiger partial charge in [-0.3, -0.25) is 4.79 Å². The molecule has 1 N–H and O–H groups in total. The third-order valence-electron chi connectivity index (χ3n) is 3.57. The molecule has 1 amide bonds. The Balaban J connectivity index is 2.10. The Bertz CT molecular complexity index is 907. The van der Waals surface area contributed by atoms with Crippen molar-refractivity contribution in [2.75, 3.05) is 5.32 Å². The molecule has 0 fully saturated rings. The number of rotatable bonds is 2. The van der Waals surface area contributed by atoms with Gasteiger partial charge < -0.3 is 5.32 Å². The van der Waals surface area contributed by atoms with Gasteiger partial charge in [-0.1, -0.05) is 39.2 Å².